The lowest BCUT2D eigenvalue weighted by Crippen LogP contribution is -2.41. The molecule has 6 nitrogen and oxygen atoms in total. The molecule has 110 valence electrons. The number of hydrogen-bond acceptors (Lipinski definition) is 5. The fourth-order valence-electron chi connectivity index (χ4n) is 2.95. The Balaban J connectivity index is 2.39. The fraction of sp³-hybridized carbons (Fsp3) is 0.643. The Kier molecular flexibility index (Phi) is 4.76. The minimum absolute atomic E-state index is 0.220. The summed E-state index contributed by atoms with van der Waals surface area (Å²) >= 11 is 0. The van der Waals surface area contributed by atoms with E-state index in [-0.39, 0.29) is 12.5 Å². The first-order valence-corrected chi connectivity index (χ1v) is 7.24. The number of nitrogens with two attached hydrogens (primary N) is 1. The van der Waals surface area contributed by atoms with Gasteiger partial charge in [0.25, 0.3) is 0 Å². The lowest BCUT2D eigenvalue weighted by atomic mass is 10.1. The van der Waals surface area contributed by atoms with Gasteiger partial charge in [0.05, 0.1) is 6.54 Å². The van der Waals surface area contributed by atoms with Gasteiger partial charge >= 0.3 is 0 Å². The first-order valence-electron chi connectivity index (χ1n) is 7.24. The highest BCUT2D eigenvalue weighted by Gasteiger charge is 2.27. The van der Waals surface area contributed by atoms with Crippen LogP contribution in [0.2, 0.25) is 0 Å². The zero-order valence-corrected chi connectivity index (χ0v) is 12.2. The average Bonchev–Trinajstić information content (AvgIpc) is 2.97. The highest BCUT2D eigenvalue weighted by atomic mass is 16.1. The molecule has 1 aliphatic carbocycles. The third-order valence-electron chi connectivity index (χ3n) is 3.88. The van der Waals surface area contributed by atoms with E-state index in [4.69, 9.17) is 5.73 Å². The second kappa shape index (κ2) is 6.54. The summed E-state index contributed by atoms with van der Waals surface area (Å²) in [7, 11) is 1.85. The van der Waals surface area contributed by atoms with Crippen molar-refractivity contribution in [2.45, 2.75) is 45.1 Å². The number of carbonyl (C=O) groups is 1. The van der Waals surface area contributed by atoms with Crippen molar-refractivity contribution in [1.29, 1.82) is 0 Å². The number of hydrogen-bond donors (Lipinski definition) is 2. The molecule has 0 unspecified atom stereocenters. The molecule has 1 aliphatic rings. The van der Waals surface area contributed by atoms with Gasteiger partial charge in [0.1, 0.15) is 18.0 Å². The number of nitrogens with zero attached hydrogens (tertiary/aromatic N) is 3. The molecule has 6 heteroatoms. The second-order valence-electron chi connectivity index (χ2n) is 5.16. The molecule has 0 saturated heterocycles. The average molecular weight is 277 g/mol. The molecule has 1 heterocycles. The Bertz CT molecular complexity index is 471. The van der Waals surface area contributed by atoms with Gasteiger partial charge in [-0.15, -0.1) is 0 Å². The number of amides is 1. The van der Waals surface area contributed by atoms with Crippen molar-refractivity contribution < 1.29 is 4.79 Å². The molecule has 3 N–H and O–H groups in total. The van der Waals surface area contributed by atoms with Gasteiger partial charge in [-0.3, -0.25) is 4.79 Å². The molecule has 0 radical (unpaired) electrons. The summed E-state index contributed by atoms with van der Waals surface area (Å²) in [6.45, 7) is 2.29. The predicted molar refractivity (Wildman–Crippen MR) is 79.8 cm³/mol. The number of nitrogens with one attached hydrogen (secondary N) is 1. The standard InChI is InChI=1S/C14H23N5O/c1-3-11-13(16-2)17-9-18-14(11)19(8-12(15)20)10-6-4-5-7-10/h9-10H,3-8H2,1-2H3,(H2,15,20)(H,16,17,18). The normalized spacial score (nSPS) is 15.3. The molecule has 20 heavy (non-hydrogen) atoms. The Labute approximate surface area is 119 Å². The maximum absolute atomic E-state index is 11.4. The minimum Gasteiger partial charge on any atom is -0.373 e. The Morgan fingerprint density at radius 1 is 1.45 bits per heavy atom. The number of primary amides is 1. The number of rotatable bonds is 6. The number of aromatic nitrogens is 2. The molecule has 0 spiro atoms. The van der Waals surface area contributed by atoms with Crippen molar-refractivity contribution >= 4 is 17.5 Å². The fourth-order valence-corrected chi connectivity index (χ4v) is 2.95. The van der Waals surface area contributed by atoms with Gasteiger partial charge in [0.15, 0.2) is 0 Å². The molecule has 1 saturated carbocycles. The van der Waals surface area contributed by atoms with Gasteiger partial charge < -0.3 is 16.0 Å². The minimum atomic E-state index is -0.316. The first-order chi connectivity index (χ1) is 9.67. The molecular formula is C14H23N5O. The van der Waals surface area contributed by atoms with Crippen LogP contribution in [-0.2, 0) is 11.2 Å². The predicted octanol–water partition coefficient (Wildman–Crippen LogP) is 1.31. The zero-order valence-electron chi connectivity index (χ0n) is 12.2. The third-order valence-corrected chi connectivity index (χ3v) is 3.88. The van der Waals surface area contributed by atoms with Crippen molar-refractivity contribution in [2.75, 3.05) is 23.8 Å². The zero-order chi connectivity index (χ0) is 14.5. The topological polar surface area (TPSA) is 84.1 Å². The lowest BCUT2D eigenvalue weighted by Gasteiger charge is -2.30. The van der Waals surface area contributed by atoms with Crippen LogP contribution in [0.1, 0.15) is 38.2 Å². The Hall–Kier alpha value is -1.85. The van der Waals surface area contributed by atoms with Crippen molar-refractivity contribution in [2.24, 2.45) is 5.73 Å². The summed E-state index contributed by atoms with van der Waals surface area (Å²) in [6, 6.07) is 0.354. The highest BCUT2D eigenvalue weighted by Crippen LogP contribution is 2.31. The van der Waals surface area contributed by atoms with Crippen LogP contribution >= 0.6 is 0 Å². The van der Waals surface area contributed by atoms with Crippen molar-refractivity contribution in [3.05, 3.63) is 11.9 Å². The quantitative estimate of drug-likeness (QED) is 0.819. The van der Waals surface area contributed by atoms with Crippen LogP contribution in [0.25, 0.3) is 0 Å². The van der Waals surface area contributed by atoms with E-state index in [9.17, 15) is 4.79 Å². The molecular weight excluding hydrogens is 254 g/mol. The summed E-state index contributed by atoms with van der Waals surface area (Å²) in [5.41, 5.74) is 6.47. The van der Waals surface area contributed by atoms with Crippen molar-refractivity contribution in [1.82, 2.24) is 9.97 Å². The van der Waals surface area contributed by atoms with Crippen LogP contribution in [0.15, 0.2) is 6.33 Å². The number of carbonyl (C=O) groups excluding carboxylic acids is 1. The van der Waals surface area contributed by atoms with Gasteiger partial charge in [0, 0.05) is 18.7 Å². The van der Waals surface area contributed by atoms with E-state index in [0.29, 0.717) is 6.04 Å². The summed E-state index contributed by atoms with van der Waals surface area (Å²) in [5.74, 6) is 1.35. The second-order valence-corrected chi connectivity index (χ2v) is 5.16. The Morgan fingerprint density at radius 3 is 2.70 bits per heavy atom. The van der Waals surface area contributed by atoms with Crippen LogP contribution in [0.5, 0.6) is 0 Å². The maximum atomic E-state index is 11.4. The van der Waals surface area contributed by atoms with E-state index in [0.717, 1.165) is 36.5 Å². The molecule has 1 fully saturated rings. The maximum Gasteiger partial charge on any atom is 0.237 e. The lowest BCUT2D eigenvalue weighted by molar-refractivity contribution is -0.116. The van der Waals surface area contributed by atoms with Crippen LogP contribution in [0.3, 0.4) is 0 Å². The van der Waals surface area contributed by atoms with Gasteiger partial charge in [-0.2, -0.15) is 0 Å². The van der Waals surface area contributed by atoms with E-state index >= 15 is 0 Å². The van der Waals surface area contributed by atoms with Crippen molar-refractivity contribution in [3.63, 3.8) is 0 Å². The Morgan fingerprint density at radius 2 is 2.15 bits per heavy atom. The molecule has 0 aliphatic heterocycles. The monoisotopic (exact) mass is 277 g/mol. The van der Waals surface area contributed by atoms with E-state index in [1.807, 2.05) is 7.05 Å². The van der Waals surface area contributed by atoms with Gasteiger partial charge in [-0.05, 0) is 19.3 Å². The molecule has 1 amide bonds. The summed E-state index contributed by atoms with van der Waals surface area (Å²) in [5, 5.41) is 3.09. The third kappa shape index (κ3) is 3.00. The molecule has 0 atom stereocenters. The van der Waals surface area contributed by atoms with Gasteiger partial charge in [0.2, 0.25) is 5.91 Å². The molecule has 1 aromatic rings. The molecule has 1 aromatic heterocycles. The van der Waals surface area contributed by atoms with E-state index in [1.165, 1.54) is 12.8 Å². The largest absolute Gasteiger partial charge is 0.373 e. The smallest absolute Gasteiger partial charge is 0.237 e. The number of anilines is 2. The van der Waals surface area contributed by atoms with Gasteiger partial charge in [-0.25, -0.2) is 9.97 Å². The summed E-state index contributed by atoms with van der Waals surface area (Å²) in [6.07, 6.45) is 6.94. The molecule has 0 bridgehead atoms. The van der Waals surface area contributed by atoms with Crippen LogP contribution in [-0.4, -0.2) is 35.5 Å². The van der Waals surface area contributed by atoms with Gasteiger partial charge in [-0.1, -0.05) is 19.8 Å². The highest BCUT2D eigenvalue weighted by molar-refractivity contribution is 5.80. The van der Waals surface area contributed by atoms with Crippen molar-refractivity contribution in [3.8, 4) is 0 Å². The van der Waals surface area contributed by atoms with Crippen LogP contribution in [0, 0.1) is 0 Å². The van der Waals surface area contributed by atoms with E-state index in [1.54, 1.807) is 6.33 Å². The molecule has 2 rings (SSSR count). The van der Waals surface area contributed by atoms with E-state index < -0.39 is 0 Å². The molecule has 0 aromatic carbocycles. The van der Waals surface area contributed by atoms with Crippen LogP contribution < -0.4 is 16.0 Å². The summed E-state index contributed by atoms with van der Waals surface area (Å²) < 4.78 is 0. The van der Waals surface area contributed by atoms with E-state index in [2.05, 4.69) is 27.1 Å². The summed E-state index contributed by atoms with van der Waals surface area (Å²) in [4.78, 5) is 22.2. The SMILES string of the molecule is CCc1c(NC)ncnc1N(CC(N)=O)C1CCCC1. The van der Waals surface area contributed by atoms with Crippen LogP contribution in [0.4, 0.5) is 11.6 Å². The first kappa shape index (κ1) is 14.6.